The molecule has 1 aliphatic carbocycles. The van der Waals surface area contributed by atoms with Crippen LogP contribution in [0.15, 0.2) is 24.3 Å². The normalized spacial score (nSPS) is 15.9. The Morgan fingerprint density at radius 3 is 2.63 bits per heavy atom. The molecule has 0 saturated heterocycles. The van der Waals surface area contributed by atoms with E-state index in [-0.39, 0.29) is 11.9 Å². The molecule has 0 spiro atoms. The third-order valence-corrected chi connectivity index (χ3v) is 3.70. The van der Waals surface area contributed by atoms with Crippen LogP contribution in [0.1, 0.15) is 42.1 Å². The van der Waals surface area contributed by atoms with Crippen LogP contribution in [0.4, 0.5) is 0 Å². The first-order valence-corrected chi connectivity index (χ1v) is 6.80. The van der Waals surface area contributed by atoms with E-state index in [2.05, 4.69) is 24.1 Å². The predicted octanol–water partition coefficient (Wildman–Crippen LogP) is 1.92. The monoisotopic (exact) mass is 256 g/mol. The highest BCUT2D eigenvalue weighted by Crippen LogP contribution is 2.29. The number of benzene rings is 1. The molecule has 0 heterocycles. The van der Waals surface area contributed by atoms with E-state index in [0.717, 1.165) is 5.56 Å². The van der Waals surface area contributed by atoms with Crippen molar-refractivity contribution in [1.29, 1.82) is 0 Å². The van der Waals surface area contributed by atoms with Crippen molar-refractivity contribution < 1.29 is 4.79 Å². The van der Waals surface area contributed by atoms with Crippen LogP contribution in [0.5, 0.6) is 0 Å². The lowest BCUT2D eigenvalue weighted by Crippen LogP contribution is -2.40. The molecule has 1 saturated carbocycles. The lowest BCUT2D eigenvalue weighted by Gasteiger charge is -2.31. The first-order valence-electron chi connectivity index (χ1n) is 6.80. The summed E-state index contributed by atoms with van der Waals surface area (Å²) in [7, 11) is 0. The topological polar surface area (TPSA) is 55.1 Å². The second-order valence-corrected chi connectivity index (χ2v) is 5.04. The van der Waals surface area contributed by atoms with Gasteiger partial charge in [-0.2, -0.15) is 0 Å². The minimum atomic E-state index is -0.00210. The molecule has 1 amide bonds. The van der Waals surface area contributed by atoms with Gasteiger partial charge < -0.3 is 11.1 Å². The van der Waals surface area contributed by atoms with E-state index >= 15 is 0 Å². The maximum absolute atomic E-state index is 12.1. The van der Waals surface area contributed by atoms with Gasteiger partial charge in [0.15, 0.2) is 0 Å². The van der Waals surface area contributed by atoms with Gasteiger partial charge in [0, 0.05) is 17.2 Å². The van der Waals surface area contributed by atoms with Gasteiger partial charge in [0.1, 0.15) is 0 Å². The highest BCUT2D eigenvalue weighted by Gasteiger charge is 2.25. The fourth-order valence-electron chi connectivity index (χ4n) is 2.21. The summed E-state index contributed by atoms with van der Waals surface area (Å²) in [6.45, 7) is 2.43. The molecule has 3 heteroatoms. The van der Waals surface area contributed by atoms with Gasteiger partial charge in [-0.05, 0) is 49.9 Å². The maximum atomic E-state index is 12.1. The zero-order valence-corrected chi connectivity index (χ0v) is 11.3. The molecule has 0 radical (unpaired) electrons. The summed E-state index contributed by atoms with van der Waals surface area (Å²) in [6, 6.07) is 7.59. The van der Waals surface area contributed by atoms with Gasteiger partial charge >= 0.3 is 0 Å². The van der Waals surface area contributed by atoms with Gasteiger partial charge in [-0.3, -0.25) is 4.79 Å². The Hall–Kier alpha value is -1.79. The van der Waals surface area contributed by atoms with Crippen molar-refractivity contribution >= 4 is 5.91 Å². The zero-order chi connectivity index (χ0) is 13.7. The molecule has 1 fully saturated rings. The maximum Gasteiger partial charge on any atom is 0.251 e. The number of nitrogens with two attached hydrogens (primary N) is 1. The lowest BCUT2D eigenvalue weighted by molar-refractivity contribution is 0.0909. The van der Waals surface area contributed by atoms with E-state index in [1.54, 1.807) is 0 Å². The number of rotatable bonds is 3. The fraction of sp³-hybridized carbons (Fsp3) is 0.438. The zero-order valence-electron chi connectivity index (χ0n) is 11.3. The minimum Gasteiger partial charge on any atom is -0.349 e. The molecule has 1 unspecified atom stereocenters. The van der Waals surface area contributed by atoms with Crippen molar-refractivity contribution in [2.45, 2.75) is 32.2 Å². The first kappa shape index (κ1) is 13.6. The molecular weight excluding hydrogens is 236 g/mol. The molecule has 0 bridgehead atoms. The van der Waals surface area contributed by atoms with Crippen molar-refractivity contribution in [3.05, 3.63) is 35.4 Å². The van der Waals surface area contributed by atoms with Gasteiger partial charge in [0.25, 0.3) is 5.91 Å². The number of carbonyl (C=O) groups excluding carboxylic acids is 1. The largest absolute Gasteiger partial charge is 0.349 e. The van der Waals surface area contributed by atoms with E-state index in [9.17, 15) is 4.79 Å². The van der Waals surface area contributed by atoms with Gasteiger partial charge in [-0.1, -0.05) is 18.3 Å². The van der Waals surface area contributed by atoms with Crippen LogP contribution in [-0.2, 0) is 0 Å². The Kier molecular flexibility index (Phi) is 4.59. The van der Waals surface area contributed by atoms with Crippen molar-refractivity contribution in [3.63, 3.8) is 0 Å². The summed E-state index contributed by atoms with van der Waals surface area (Å²) >= 11 is 0. The Morgan fingerprint density at radius 2 is 2.11 bits per heavy atom. The quantitative estimate of drug-likeness (QED) is 0.812. The molecule has 0 aromatic heterocycles. The highest BCUT2D eigenvalue weighted by atomic mass is 16.1. The molecule has 1 aromatic rings. The summed E-state index contributed by atoms with van der Waals surface area (Å²) in [5, 5.41) is 3.07. The summed E-state index contributed by atoms with van der Waals surface area (Å²) in [4.78, 5) is 12.1. The van der Waals surface area contributed by atoms with Crippen LogP contribution in [0.3, 0.4) is 0 Å². The Balaban J connectivity index is 1.95. The van der Waals surface area contributed by atoms with Gasteiger partial charge in [0.2, 0.25) is 0 Å². The first-order chi connectivity index (χ1) is 9.20. The van der Waals surface area contributed by atoms with Crippen LogP contribution in [-0.4, -0.2) is 18.5 Å². The second-order valence-electron chi connectivity index (χ2n) is 5.04. The van der Waals surface area contributed by atoms with Crippen molar-refractivity contribution in [3.8, 4) is 11.8 Å². The summed E-state index contributed by atoms with van der Waals surface area (Å²) in [5.74, 6) is 6.38. The van der Waals surface area contributed by atoms with E-state index in [4.69, 9.17) is 5.73 Å². The molecule has 2 rings (SSSR count). The van der Waals surface area contributed by atoms with Crippen LogP contribution in [0.2, 0.25) is 0 Å². The predicted molar refractivity (Wildman–Crippen MR) is 76.6 cm³/mol. The standard InChI is InChI=1S/C16H20N2O/c1-12(14-5-2-6-14)18-16(19)15-9-7-13(8-10-15)4-3-11-17/h7-10,12,14H,2,5-6,11,17H2,1H3,(H,18,19). The fourth-order valence-corrected chi connectivity index (χ4v) is 2.21. The number of carbonyl (C=O) groups is 1. The molecule has 3 nitrogen and oxygen atoms in total. The molecule has 19 heavy (non-hydrogen) atoms. The van der Waals surface area contributed by atoms with Crippen molar-refractivity contribution in [1.82, 2.24) is 5.32 Å². The van der Waals surface area contributed by atoms with Gasteiger partial charge in [-0.25, -0.2) is 0 Å². The molecule has 1 aliphatic rings. The average Bonchev–Trinajstić information content (AvgIpc) is 2.34. The van der Waals surface area contributed by atoms with Crippen molar-refractivity contribution in [2.75, 3.05) is 6.54 Å². The van der Waals surface area contributed by atoms with E-state index in [0.29, 0.717) is 18.0 Å². The average molecular weight is 256 g/mol. The summed E-state index contributed by atoms with van der Waals surface area (Å²) < 4.78 is 0. The van der Waals surface area contributed by atoms with E-state index < -0.39 is 0 Å². The van der Waals surface area contributed by atoms with Crippen molar-refractivity contribution in [2.24, 2.45) is 11.7 Å². The smallest absolute Gasteiger partial charge is 0.251 e. The molecular formula is C16H20N2O. The second kappa shape index (κ2) is 6.40. The Labute approximate surface area is 114 Å². The minimum absolute atomic E-state index is 0.00210. The summed E-state index contributed by atoms with van der Waals surface area (Å²) in [5.41, 5.74) is 6.89. The third kappa shape index (κ3) is 3.59. The molecule has 100 valence electrons. The van der Waals surface area contributed by atoms with Crippen LogP contribution >= 0.6 is 0 Å². The molecule has 1 aromatic carbocycles. The van der Waals surface area contributed by atoms with Gasteiger partial charge in [-0.15, -0.1) is 0 Å². The van der Waals surface area contributed by atoms with E-state index in [1.165, 1.54) is 19.3 Å². The molecule has 1 atom stereocenters. The number of hydrogen-bond acceptors (Lipinski definition) is 2. The van der Waals surface area contributed by atoms with Crippen LogP contribution in [0.25, 0.3) is 0 Å². The van der Waals surface area contributed by atoms with Gasteiger partial charge in [0.05, 0.1) is 6.54 Å². The number of amides is 1. The van der Waals surface area contributed by atoms with Crippen LogP contribution < -0.4 is 11.1 Å². The number of nitrogens with one attached hydrogen (secondary N) is 1. The lowest BCUT2D eigenvalue weighted by atomic mass is 9.80. The molecule has 0 aliphatic heterocycles. The number of hydrogen-bond donors (Lipinski definition) is 2. The Bertz CT molecular complexity index is 492. The third-order valence-electron chi connectivity index (χ3n) is 3.70. The van der Waals surface area contributed by atoms with Crippen LogP contribution in [0, 0.1) is 17.8 Å². The SMILES string of the molecule is CC(NC(=O)c1ccc(C#CCN)cc1)C1CCC1. The Morgan fingerprint density at radius 1 is 1.42 bits per heavy atom. The highest BCUT2D eigenvalue weighted by molar-refractivity contribution is 5.94. The summed E-state index contributed by atoms with van der Waals surface area (Å²) in [6.07, 6.45) is 3.75. The molecule has 3 N–H and O–H groups in total. The van der Waals surface area contributed by atoms with E-state index in [1.807, 2.05) is 24.3 Å².